The minimum atomic E-state index is -0.0610. The Labute approximate surface area is 151 Å². The van der Waals surface area contributed by atoms with Crippen molar-refractivity contribution >= 4 is 27.6 Å². The first kappa shape index (κ1) is 16.3. The molecule has 130 valence electrons. The largest absolute Gasteiger partial charge is 0.352 e. The van der Waals surface area contributed by atoms with E-state index in [9.17, 15) is 4.79 Å². The molecule has 1 aromatic heterocycles. The number of H-pyrrole nitrogens is 1. The maximum Gasteiger partial charge on any atom is 0.251 e. The van der Waals surface area contributed by atoms with E-state index in [2.05, 4.69) is 51.9 Å². The Hall–Kier alpha value is -3.18. The van der Waals surface area contributed by atoms with E-state index in [0.29, 0.717) is 18.7 Å². The van der Waals surface area contributed by atoms with E-state index in [-0.39, 0.29) is 5.91 Å². The highest BCUT2D eigenvalue weighted by Gasteiger charge is 2.07. The third-order valence-electron chi connectivity index (χ3n) is 4.54. The Morgan fingerprint density at radius 3 is 2.54 bits per heavy atom. The second kappa shape index (κ2) is 6.98. The lowest BCUT2D eigenvalue weighted by Gasteiger charge is -2.08. The smallest absolute Gasteiger partial charge is 0.251 e. The number of benzene rings is 3. The van der Waals surface area contributed by atoms with Gasteiger partial charge in [-0.3, -0.25) is 9.89 Å². The summed E-state index contributed by atoms with van der Waals surface area (Å²) in [6.45, 7) is 1.17. The Balaban J connectivity index is 1.63. The van der Waals surface area contributed by atoms with Gasteiger partial charge < -0.3 is 11.1 Å². The van der Waals surface area contributed by atoms with Gasteiger partial charge in [-0.2, -0.15) is 5.10 Å². The van der Waals surface area contributed by atoms with Crippen LogP contribution in [0.25, 0.3) is 32.8 Å². The summed E-state index contributed by atoms with van der Waals surface area (Å²) in [5.41, 5.74) is 9.41. The minimum Gasteiger partial charge on any atom is -0.352 e. The number of aromatic nitrogens is 2. The highest BCUT2D eigenvalue weighted by Crippen LogP contribution is 2.27. The number of carbonyl (C=O) groups is 1. The number of rotatable bonds is 5. The normalized spacial score (nSPS) is 11.1. The van der Waals surface area contributed by atoms with Crippen LogP contribution in [0, 0.1) is 0 Å². The van der Waals surface area contributed by atoms with Crippen LogP contribution in [0.2, 0.25) is 0 Å². The Morgan fingerprint density at radius 1 is 0.962 bits per heavy atom. The van der Waals surface area contributed by atoms with Gasteiger partial charge in [0, 0.05) is 17.5 Å². The average molecular weight is 344 g/mol. The molecule has 0 unspecified atom stereocenters. The second-order valence-electron chi connectivity index (χ2n) is 6.35. The monoisotopic (exact) mass is 344 g/mol. The molecule has 4 N–H and O–H groups in total. The van der Waals surface area contributed by atoms with Gasteiger partial charge in [-0.05, 0) is 59.1 Å². The van der Waals surface area contributed by atoms with Gasteiger partial charge in [0.25, 0.3) is 5.91 Å². The summed E-state index contributed by atoms with van der Waals surface area (Å²) in [5, 5.41) is 13.2. The summed E-state index contributed by atoms with van der Waals surface area (Å²) < 4.78 is 0. The van der Waals surface area contributed by atoms with Crippen molar-refractivity contribution in [1.82, 2.24) is 15.5 Å². The number of aromatic amines is 1. The number of hydrogen-bond donors (Lipinski definition) is 3. The van der Waals surface area contributed by atoms with E-state index in [1.165, 1.54) is 0 Å². The molecule has 0 aliphatic rings. The molecule has 5 heteroatoms. The van der Waals surface area contributed by atoms with Gasteiger partial charge in [0.1, 0.15) is 0 Å². The minimum absolute atomic E-state index is 0.0610. The topological polar surface area (TPSA) is 83.8 Å². The first-order valence-electron chi connectivity index (χ1n) is 8.70. The van der Waals surface area contributed by atoms with Gasteiger partial charge in [-0.25, -0.2) is 0 Å². The lowest BCUT2D eigenvalue weighted by molar-refractivity contribution is 0.0953. The molecule has 0 spiro atoms. The number of hydrogen-bond acceptors (Lipinski definition) is 3. The van der Waals surface area contributed by atoms with E-state index in [1.807, 2.05) is 24.4 Å². The molecule has 0 aliphatic carbocycles. The summed E-state index contributed by atoms with van der Waals surface area (Å²) >= 11 is 0. The lowest BCUT2D eigenvalue weighted by atomic mass is 9.99. The van der Waals surface area contributed by atoms with E-state index in [0.717, 1.165) is 39.2 Å². The van der Waals surface area contributed by atoms with E-state index in [4.69, 9.17) is 5.73 Å². The SMILES string of the molecule is NCCCNC(=O)c1ccc2cc(-c3ccc4cn[nH]c4c3)ccc2c1. The zero-order valence-electron chi connectivity index (χ0n) is 14.3. The fourth-order valence-corrected chi connectivity index (χ4v) is 3.09. The first-order valence-corrected chi connectivity index (χ1v) is 8.70. The molecule has 4 rings (SSSR count). The Kier molecular flexibility index (Phi) is 4.37. The van der Waals surface area contributed by atoms with Crippen LogP contribution in [-0.4, -0.2) is 29.2 Å². The van der Waals surface area contributed by atoms with Crippen LogP contribution in [-0.2, 0) is 0 Å². The van der Waals surface area contributed by atoms with Crippen LogP contribution < -0.4 is 11.1 Å². The molecule has 5 nitrogen and oxygen atoms in total. The first-order chi connectivity index (χ1) is 12.7. The van der Waals surface area contributed by atoms with Gasteiger partial charge in [0.05, 0.1) is 11.7 Å². The van der Waals surface area contributed by atoms with Crippen molar-refractivity contribution in [2.75, 3.05) is 13.1 Å². The van der Waals surface area contributed by atoms with Crippen molar-refractivity contribution in [3.8, 4) is 11.1 Å². The molecule has 1 amide bonds. The molecule has 0 radical (unpaired) electrons. The number of fused-ring (bicyclic) bond motifs is 2. The number of amides is 1. The molecule has 0 fully saturated rings. The summed E-state index contributed by atoms with van der Waals surface area (Å²) in [5.74, 6) is -0.0610. The average Bonchev–Trinajstić information content (AvgIpc) is 3.15. The third kappa shape index (κ3) is 3.17. The maximum absolute atomic E-state index is 12.2. The fourth-order valence-electron chi connectivity index (χ4n) is 3.09. The highest BCUT2D eigenvalue weighted by atomic mass is 16.1. The van der Waals surface area contributed by atoms with Crippen molar-refractivity contribution in [3.63, 3.8) is 0 Å². The van der Waals surface area contributed by atoms with Crippen molar-refractivity contribution < 1.29 is 4.79 Å². The quantitative estimate of drug-likeness (QED) is 0.485. The molecule has 1 heterocycles. The zero-order valence-corrected chi connectivity index (χ0v) is 14.3. The number of carbonyl (C=O) groups excluding carboxylic acids is 1. The van der Waals surface area contributed by atoms with Gasteiger partial charge in [0.2, 0.25) is 0 Å². The predicted octanol–water partition coefficient (Wildman–Crippen LogP) is 3.46. The van der Waals surface area contributed by atoms with E-state index in [1.54, 1.807) is 0 Å². The van der Waals surface area contributed by atoms with Crippen LogP contribution in [0.5, 0.6) is 0 Å². The fraction of sp³-hybridized carbons (Fsp3) is 0.143. The highest BCUT2D eigenvalue weighted by molar-refractivity contribution is 5.99. The predicted molar refractivity (Wildman–Crippen MR) is 105 cm³/mol. The molecule has 0 saturated carbocycles. The summed E-state index contributed by atoms with van der Waals surface area (Å²) in [6.07, 6.45) is 2.60. The number of nitrogens with two attached hydrogens (primary N) is 1. The molecule has 3 aromatic carbocycles. The van der Waals surface area contributed by atoms with Crippen LogP contribution in [0.4, 0.5) is 0 Å². The van der Waals surface area contributed by atoms with Crippen molar-refractivity contribution in [2.45, 2.75) is 6.42 Å². The molecule has 4 aromatic rings. The van der Waals surface area contributed by atoms with Crippen molar-refractivity contribution in [3.05, 3.63) is 66.4 Å². The summed E-state index contributed by atoms with van der Waals surface area (Å²) in [6, 6.07) is 18.3. The van der Waals surface area contributed by atoms with Gasteiger partial charge in [-0.1, -0.05) is 30.3 Å². The number of nitrogens with one attached hydrogen (secondary N) is 2. The lowest BCUT2D eigenvalue weighted by Crippen LogP contribution is -2.25. The molecule has 0 bridgehead atoms. The van der Waals surface area contributed by atoms with Crippen molar-refractivity contribution in [1.29, 1.82) is 0 Å². The second-order valence-corrected chi connectivity index (χ2v) is 6.35. The Bertz CT molecular complexity index is 1080. The van der Waals surface area contributed by atoms with Crippen LogP contribution in [0.15, 0.2) is 60.8 Å². The Morgan fingerprint density at radius 2 is 1.69 bits per heavy atom. The van der Waals surface area contributed by atoms with Crippen LogP contribution >= 0.6 is 0 Å². The number of nitrogens with zero attached hydrogens (tertiary/aromatic N) is 1. The summed E-state index contributed by atoms with van der Waals surface area (Å²) in [7, 11) is 0. The standard InChI is InChI=1S/C21H20N4O/c22-8-1-9-23-21(26)18-6-4-14-10-15(2-3-16(14)11-18)17-5-7-19-13-24-25-20(19)12-17/h2-7,10-13H,1,8-9,22H2,(H,23,26)(H,24,25). The van der Waals surface area contributed by atoms with Gasteiger partial charge >= 0.3 is 0 Å². The molecule has 26 heavy (non-hydrogen) atoms. The van der Waals surface area contributed by atoms with Gasteiger partial charge in [-0.15, -0.1) is 0 Å². The van der Waals surface area contributed by atoms with Crippen LogP contribution in [0.1, 0.15) is 16.8 Å². The van der Waals surface area contributed by atoms with E-state index >= 15 is 0 Å². The molecule has 0 aliphatic heterocycles. The molecule has 0 atom stereocenters. The van der Waals surface area contributed by atoms with Gasteiger partial charge in [0.15, 0.2) is 0 Å². The summed E-state index contributed by atoms with van der Waals surface area (Å²) in [4.78, 5) is 12.2. The van der Waals surface area contributed by atoms with Crippen molar-refractivity contribution in [2.24, 2.45) is 5.73 Å². The van der Waals surface area contributed by atoms with E-state index < -0.39 is 0 Å². The van der Waals surface area contributed by atoms with Crippen LogP contribution in [0.3, 0.4) is 0 Å². The third-order valence-corrected chi connectivity index (χ3v) is 4.54. The zero-order chi connectivity index (χ0) is 17.9. The molecular weight excluding hydrogens is 324 g/mol. The maximum atomic E-state index is 12.2. The molecular formula is C21H20N4O. The molecule has 0 saturated heterocycles.